The van der Waals surface area contributed by atoms with E-state index in [0.717, 1.165) is 11.3 Å². The quantitative estimate of drug-likeness (QED) is 0.714. The summed E-state index contributed by atoms with van der Waals surface area (Å²) in [6.45, 7) is 2.48. The van der Waals surface area contributed by atoms with Crippen LogP contribution in [0, 0.1) is 0 Å². The summed E-state index contributed by atoms with van der Waals surface area (Å²) in [7, 11) is 0. The van der Waals surface area contributed by atoms with Gasteiger partial charge in [0.2, 0.25) is 5.91 Å². The molecule has 0 bridgehead atoms. The first-order chi connectivity index (χ1) is 12.3. The molecule has 0 aliphatic heterocycles. The summed E-state index contributed by atoms with van der Waals surface area (Å²) in [6.07, 6.45) is 4.78. The summed E-state index contributed by atoms with van der Waals surface area (Å²) >= 11 is 0. The first-order valence-corrected chi connectivity index (χ1v) is 8.37. The lowest BCUT2D eigenvalue weighted by molar-refractivity contribution is -0.116. The molecular weight excluding hydrogens is 314 g/mol. The third-order valence-corrected chi connectivity index (χ3v) is 3.76. The van der Waals surface area contributed by atoms with Gasteiger partial charge in [-0.3, -0.25) is 4.79 Å². The number of aromatic nitrogens is 2. The molecular formula is C20H21N3O2. The van der Waals surface area contributed by atoms with Gasteiger partial charge in [-0.15, -0.1) is 0 Å². The third kappa shape index (κ3) is 4.47. The van der Waals surface area contributed by atoms with Gasteiger partial charge in [0.1, 0.15) is 5.75 Å². The molecule has 0 spiro atoms. The van der Waals surface area contributed by atoms with Crippen molar-refractivity contribution in [3.05, 3.63) is 72.6 Å². The Balaban J connectivity index is 1.57. The highest BCUT2D eigenvalue weighted by Crippen LogP contribution is 2.23. The van der Waals surface area contributed by atoms with Gasteiger partial charge in [0, 0.05) is 12.6 Å². The van der Waals surface area contributed by atoms with E-state index in [-0.39, 0.29) is 5.91 Å². The molecule has 3 aromatic rings. The van der Waals surface area contributed by atoms with E-state index in [1.165, 1.54) is 0 Å². The van der Waals surface area contributed by atoms with Crippen LogP contribution < -0.4 is 10.1 Å². The molecule has 1 aromatic heterocycles. The number of nitrogens with one attached hydrogen (secondary N) is 1. The number of hydrogen-bond acceptors (Lipinski definition) is 3. The van der Waals surface area contributed by atoms with Gasteiger partial charge in [0.15, 0.2) is 0 Å². The molecule has 0 fully saturated rings. The minimum absolute atomic E-state index is 0.0420. The lowest BCUT2D eigenvalue weighted by Gasteiger charge is -2.10. The molecule has 0 saturated carbocycles. The van der Waals surface area contributed by atoms with Crippen LogP contribution in [-0.2, 0) is 11.2 Å². The van der Waals surface area contributed by atoms with E-state index >= 15 is 0 Å². The van der Waals surface area contributed by atoms with E-state index in [2.05, 4.69) is 10.4 Å². The normalized spacial score (nSPS) is 10.4. The lowest BCUT2D eigenvalue weighted by Crippen LogP contribution is -2.13. The molecule has 0 saturated heterocycles. The molecule has 0 atom stereocenters. The highest BCUT2D eigenvalue weighted by atomic mass is 16.5. The van der Waals surface area contributed by atoms with Gasteiger partial charge in [-0.2, -0.15) is 5.10 Å². The Kier molecular flexibility index (Phi) is 5.46. The van der Waals surface area contributed by atoms with Gasteiger partial charge in [0.05, 0.1) is 24.2 Å². The smallest absolute Gasteiger partial charge is 0.224 e. The first kappa shape index (κ1) is 16.8. The molecule has 128 valence electrons. The number of amides is 1. The van der Waals surface area contributed by atoms with Crippen molar-refractivity contribution in [1.29, 1.82) is 0 Å². The maximum atomic E-state index is 12.2. The average Bonchev–Trinajstić information content (AvgIpc) is 3.12. The van der Waals surface area contributed by atoms with Crippen LogP contribution in [0.1, 0.15) is 18.9 Å². The fourth-order valence-electron chi connectivity index (χ4n) is 2.53. The number of nitrogens with zero attached hydrogens (tertiary/aromatic N) is 2. The molecule has 25 heavy (non-hydrogen) atoms. The van der Waals surface area contributed by atoms with Crippen LogP contribution in [0.3, 0.4) is 0 Å². The number of hydrogen-bond donors (Lipinski definition) is 1. The number of para-hydroxylation sites is 3. The highest BCUT2D eigenvalue weighted by molar-refractivity contribution is 5.92. The molecule has 0 radical (unpaired) electrons. The van der Waals surface area contributed by atoms with Crippen LogP contribution in [0.25, 0.3) is 5.69 Å². The molecule has 0 unspecified atom stereocenters. The Morgan fingerprint density at radius 3 is 2.68 bits per heavy atom. The van der Waals surface area contributed by atoms with E-state index in [0.29, 0.717) is 30.9 Å². The molecule has 0 aliphatic carbocycles. The number of anilines is 1. The van der Waals surface area contributed by atoms with Crippen LogP contribution in [0.2, 0.25) is 0 Å². The van der Waals surface area contributed by atoms with Gasteiger partial charge in [0.25, 0.3) is 0 Å². The van der Waals surface area contributed by atoms with Gasteiger partial charge < -0.3 is 10.1 Å². The topological polar surface area (TPSA) is 56.1 Å². The van der Waals surface area contributed by atoms with Crippen molar-refractivity contribution >= 4 is 11.6 Å². The second-order valence-corrected chi connectivity index (χ2v) is 5.61. The maximum Gasteiger partial charge on any atom is 0.224 e. The summed E-state index contributed by atoms with van der Waals surface area (Å²) in [5.41, 5.74) is 2.73. The van der Waals surface area contributed by atoms with Crippen LogP contribution in [0.4, 0.5) is 5.69 Å². The molecule has 1 heterocycles. The van der Waals surface area contributed by atoms with Crippen molar-refractivity contribution in [2.45, 2.75) is 19.8 Å². The van der Waals surface area contributed by atoms with Crippen LogP contribution >= 0.6 is 0 Å². The van der Waals surface area contributed by atoms with E-state index in [1.54, 1.807) is 6.20 Å². The minimum Gasteiger partial charge on any atom is -0.492 e. The van der Waals surface area contributed by atoms with Crippen molar-refractivity contribution in [3.8, 4) is 11.4 Å². The zero-order chi connectivity index (χ0) is 17.5. The molecule has 1 amide bonds. The van der Waals surface area contributed by atoms with Crippen molar-refractivity contribution in [2.24, 2.45) is 0 Å². The van der Waals surface area contributed by atoms with Crippen molar-refractivity contribution in [3.63, 3.8) is 0 Å². The van der Waals surface area contributed by atoms with Gasteiger partial charge in [-0.1, -0.05) is 30.3 Å². The molecule has 0 aliphatic rings. The summed E-state index contributed by atoms with van der Waals surface area (Å²) in [5, 5.41) is 7.26. The minimum atomic E-state index is -0.0420. The number of rotatable bonds is 7. The molecule has 3 rings (SSSR count). The Hall–Kier alpha value is -3.08. The van der Waals surface area contributed by atoms with Crippen molar-refractivity contribution in [2.75, 3.05) is 11.9 Å². The lowest BCUT2D eigenvalue weighted by atomic mass is 10.2. The monoisotopic (exact) mass is 335 g/mol. The largest absolute Gasteiger partial charge is 0.492 e. The number of benzene rings is 2. The number of carbonyl (C=O) groups is 1. The predicted molar refractivity (Wildman–Crippen MR) is 98.1 cm³/mol. The Morgan fingerprint density at radius 1 is 1.12 bits per heavy atom. The number of aryl methyl sites for hydroxylation is 1. The molecule has 5 nitrogen and oxygen atoms in total. The van der Waals surface area contributed by atoms with E-state index in [4.69, 9.17) is 4.74 Å². The van der Waals surface area contributed by atoms with Crippen LogP contribution in [0.15, 0.2) is 67.0 Å². The summed E-state index contributed by atoms with van der Waals surface area (Å²) < 4.78 is 7.34. The number of carbonyl (C=O) groups excluding carboxylic acids is 1. The number of ether oxygens (including phenoxy) is 1. The van der Waals surface area contributed by atoms with Gasteiger partial charge in [-0.25, -0.2) is 4.68 Å². The Morgan fingerprint density at radius 2 is 1.88 bits per heavy atom. The van der Waals surface area contributed by atoms with E-state index < -0.39 is 0 Å². The van der Waals surface area contributed by atoms with Crippen LogP contribution in [0.5, 0.6) is 5.75 Å². The average molecular weight is 335 g/mol. The fourth-order valence-corrected chi connectivity index (χ4v) is 2.53. The van der Waals surface area contributed by atoms with Crippen molar-refractivity contribution in [1.82, 2.24) is 9.78 Å². The summed E-state index contributed by atoms with van der Waals surface area (Å²) in [4.78, 5) is 12.2. The fraction of sp³-hybridized carbons (Fsp3) is 0.200. The van der Waals surface area contributed by atoms with E-state index in [9.17, 15) is 4.79 Å². The van der Waals surface area contributed by atoms with E-state index in [1.807, 2.05) is 72.4 Å². The second-order valence-electron chi connectivity index (χ2n) is 5.61. The standard InChI is InChI=1S/C20H21N3O2/c1-2-25-19-11-7-6-10-18(19)22-20(24)13-12-16-14-21-23(15-16)17-8-4-3-5-9-17/h3-11,14-15H,2,12-13H2,1H3,(H,22,24). The summed E-state index contributed by atoms with van der Waals surface area (Å²) in [5.74, 6) is 0.648. The first-order valence-electron chi connectivity index (χ1n) is 8.37. The second kappa shape index (κ2) is 8.15. The molecule has 1 N–H and O–H groups in total. The Labute approximate surface area is 147 Å². The predicted octanol–water partition coefficient (Wildman–Crippen LogP) is 3.84. The Bertz CT molecular complexity index is 828. The summed E-state index contributed by atoms with van der Waals surface area (Å²) in [6, 6.07) is 17.4. The zero-order valence-electron chi connectivity index (χ0n) is 14.2. The van der Waals surface area contributed by atoms with Crippen molar-refractivity contribution < 1.29 is 9.53 Å². The van der Waals surface area contributed by atoms with Gasteiger partial charge >= 0.3 is 0 Å². The third-order valence-electron chi connectivity index (χ3n) is 3.76. The maximum absolute atomic E-state index is 12.2. The van der Waals surface area contributed by atoms with Crippen LogP contribution in [-0.4, -0.2) is 22.3 Å². The highest BCUT2D eigenvalue weighted by Gasteiger charge is 2.08. The SMILES string of the molecule is CCOc1ccccc1NC(=O)CCc1cnn(-c2ccccc2)c1. The molecule has 2 aromatic carbocycles. The zero-order valence-corrected chi connectivity index (χ0v) is 14.2. The molecule has 5 heteroatoms. The van der Waals surface area contributed by atoms with Gasteiger partial charge in [-0.05, 0) is 43.2 Å².